The minimum Gasteiger partial charge on any atom is -0.486 e. The summed E-state index contributed by atoms with van der Waals surface area (Å²) in [6.45, 7) is 5.06. The fraction of sp³-hybridized carbons (Fsp3) is 0.474. The molecule has 5 nitrogen and oxygen atoms in total. The molecule has 0 bridgehead atoms. The van der Waals surface area contributed by atoms with Gasteiger partial charge in [0.1, 0.15) is 17.4 Å². The number of aryl methyl sites for hydroxylation is 1. The van der Waals surface area contributed by atoms with Gasteiger partial charge in [0.2, 0.25) is 5.91 Å². The highest BCUT2D eigenvalue weighted by Crippen LogP contribution is 2.16. The van der Waals surface area contributed by atoms with Gasteiger partial charge in [0, 0.05) is 18.0 Å². The summed E-state index contributed by atoms with van der Waals surface area (Å²) in [5.74, 6) is 0.796. The molecule has 0 saturated heterocycles. The molecular weight excluding hydrogens is 334 g/mol. The van der Waals surface area contributed by atoms with E-state index in [1.165, 1.54) is 16.9 Å². The molecule has 3 N–H and O–H groups in total. The molecule has 6 heteroatoms. The highest BCUT2D eigenvalue weighted by Gasteiger charge is 2.12. The predicted octanol–water partition coefficient (Wildman–Crippen LogP) is 3.21. The fourth-order valence-electron chi connectivity index (χ4n) is 2.42. The van der Waals surface area contributed by atoms with Crippen molar-refractivity contribution in [1.29, 1.82) is 0 Å². The highest BCUT2D eigenvalue weighted by molar-refractivity contribution is 7.09. The molecular formula is C19H27N3O2S. The third-order valence-electron chi connectivity index (χ3n) is 3.88. The van der Waals surface area contributed by atoms with Crippen molar-refractivity contribution >= 4 is 17.2 Å². The molecule has 0 radical (unpaired) electrons. The summed E-state index contributed by atoms with van der Waals surface area (Å²) in [5, 5.41) is 5.77. The zero-order valence-corrected chi connectivity index (χ0v) is 15.8. The van der Waals surface area contributed by atoms with Crippen molar-refractivity contribution in [2.45, 2.75) is 52.2 Å². The quantitative estimate of drug-likeness (QED) is 0.681. The molecule has 1 atom stereocenters. The van der Waals surface area contributed by atoms with E-state index in [1.807, 2.05) is 36.6 Å². The first-order valence-corrected chi connectivity index (χ1v) is 9.60. The highest BCUT2D eigenvalue weighted by atomic mass is 32.1. The van der Waals surface area contributed by atoms with Crippen molar-refractivity contribution in [1.82, 2.24) is 10.3 Å². The van der Waals surface area contributed by atoms with E-state index in [1.54, 1.807) is 0 Å². The Hall–Kier alpha value is -1.92. The molecule has 0 fully saturated rings. The molecule has 0 aliphatic rings. The number of hydrogen-bond donors (Lipinski definition) is 2. The first-order chi connectivity index (χ1) is 12.1. The summed E-state index contributed by atoms with van der Waals surface area (Å²) < 4.78 is 5.72. The lowest BCUT2D eigenvalue weighted by molar-refractivity contribution is -0.121. The summed E-state index contributed by atoms with van der Waals surface area (Å²) in [4.78, 5) is 16.6. The molecule has 2 aromatic rings. The molecule has 1 unspecified atom stereocenters. The second-order valence-corrected chi connectivity index (χ2v) is 7.10. The monoisotopic (exact) mass is 361 g/mol. The number of ether oxygens (including phenoxy) is 1. The van der Waals surface area contributed by atoms with Crippen LogP contribution >= 0.6 is 11.3 Å². The minimum atomic E-state index is -0.0251. The van der Waals surface area contributed by atoms with Crippen molar-refractivity contribution in [3.8, 4) is 5.75 Å². The average Bonchev–Trinajstić information content (AvgIpc) is 3.05. The average molecular weight is 362 g/mol. The van der Waals surface area contributed by atoms with E-state index in [-0.39, 0.29) is 18.4 Å². The van der Waals surface area contributed by atoms with Crippen LogP contribution in [0.15, 0.2) is 29.6 Å². The second-order valence-electron chi connectivity index (χ2n) is 6.15. The van der Waals surface area contributed by atoms with E-state index >= 15 is 0 Å². The Labute approximate surface area is 153 Å². The summed E-state index contributed by atoms with van der Waals surface area (Å²) >= 11 is 1.51. The largest absolute Gasteiger partial charge is 0.486 e. The molecule has 0 saturated carbocycles. The number of aromatic nitrogens is 1. The Morgan fingerprint density at radius 2 is 2.12 bits per heavy atom. The Morgan fingerprint density at radius 1 is 1.36 bits per heavy atom. The maximum absolute atomic E-state index is 12.1. The van der Waals surface area contributed by atoms with Crippen molar-refractivity contribution in [3.63, 3.8) is 0 Å². The van der Waals surface area contributed by atoms with E-state index in [0.717, 1.165) is 35.7 Å². The number of carbonyl (C=O) groups is 1. The number of amides is 1. The predicted molar refractivity (Wildman–Crippen MR) is 102 cm³/mol. The number of nitrogens with zero attached hydrogens (tertiary/aromatic N) is 1. The molecule has 0 aliphatic heterocycles. The normalized spacial score (nSPS) is 12.0. The Balaban J connectivity index is 1.79. The molecule has 25 heavy (non-hydrogen) atoms. The summed E-state index contributed by atoms with van der Waals surface area (Å²) in [7, 11) is 0. The number of nitrogens with one attached hydrogen (secondary N) is 1. The molecule has 136 valence electrons. The topological polar surface area (TPSA) is 77.2 Å². The molecule has 1 heterocycles. The van der Waals surface area contributed by atoms with Gasteiger partial charge in [0.15, 0.2) is 0 Å². The zero-order chi connectivity index (χ0) is 18.1. The zero-order valence-electron chi connectivity index (χ0n) is 15.0. The van der Waals surface area contributed by atoms with Crippen LogP contribution in [-0.2, 0) is 17.8 Å². The number of carbonyl (C=O) groups excluding carboxylic acids is 1. The van der Waals surface area contributed by atoms with Gasteiger partial charge in [-0.2, -0.15) is 0 Å². The van der Waals surface area contributed by atoms with Gasteiger partial charge in [-0.15, -0.1) is 11.3 Å². The number of thiazole rings is 1. The maximum atomic E-state index is 12.1. The van der Waals surface area contributed by atoms with Crippen LogP contribution in [0.4, 0.5) is 0 Å². The van der Waals surface area contributed by atoms with Crippen LogP contribution in [0.2, 0.25) is 0 Å². The number of benzene rings is 1. The molecule has 1 amide bonds. The Kier molecular flexibility index (Phi) is 7.88. The number of unbranched alkanes of at least 4 members (excludes halogenated alkanes) is 1. The SMILES string of the molecule is CCCCC(CN)NC(=O)Cc1csc(COc2ccc(C)cc2)n1. The number of hydrogen-bond acceptors (Lipinski definition) is 5. The maximum Gasteiger partial charge on any atom is 0.226 e. The van der Waals surface area contributed by atoms with Crippen LogP contribution < -0.4 is 15.8 Å². The molecule has 2 rings (SSSR count). The van der Waals surface area contributed by atoms with E-state index in [0.29, 0.717) is 13.2 Å². The van der Waals surface area contributed by atoms with Gasteiger partial charge in [-0.3, -0.25) is 4.79 Å². The van der Waals surface area contributed by atoms with Crippen molar-refractivity contribution in [3.05, 3.63) is 45.9 Å². The van der Waals surface area contributed by atoms with Gasteiger partial charge in [0.25, 0.3) is 0 Å². The summed E-state index contributed by atoms with van der Waals surface area (Å²) in [6.07, 6.45) is 3.37. The van der Waals surface area contributed by atoms with Crippen molar-refractivity contribution in [2.24, 2.45) is 5.73 Å². The number of nitrogens with two attached hydrogens (primary N) is 1. The third kappa shape index (κ3) is 6.84. The van der Waals surface area contributed by atoms with Gasteiger partial charge >= 0.3 is 0 Å². The van der Waals surface area contributed by atoms with Crippen LogP contribution in [0.25, 0.3) is 0 Å². The van der Waals surface area contributed by atoms with Gasteiger partial charge in [0.05, 0.1) is 12.1 Å². The van der Waals surface area contributed by atoms with E-state index < -0.39 is 0 Å². The molecule has 1 aromatic heterocycles. The third-order valence-corrected chi connectivity index (χ3v) is 4.75. The molecule has 1 aromatic carbocycles. The van der Waals surface area contributed by atoms with E-state index in [4.69, 9.17) is 10.5 Å². The van der Waals surface area contributed by atoms with Crippen LogP contribution in [0.1, 0.15) is 42.5 Å². The van der Waals surface area contributed by atoms with Crippen LogP contribution in [0.3, 0.4) is 0 Å². The van der Waals surface area contributed by atoms with Crippen LogP contribution in [0, 0.1) is 6.92 Å². The number of rotatable bonds is 10. The van der Waals surface area contributed by atoms with Gasteiger partial charge in [-0.1, -0.05) is 37.5 Å². The lowest BCUT2D eigenvalue weighted by Crippen LogP contribution is -2.40. The minimum absolute atomic E-state index is 0.0251. The molecule has 0 aliphatic carbocycles. The summed E-state index contributed by atoms with van der Waals surface area (Å²) in [5.41, 5.74) is 7.69. The first kappa shape index (κ1) is 19.4. The van der Waals surface area contributed by atoms with E-state index in [2.05, 4.69) is 17.2 Å². The lowest BCUT2D eigenvalue weighted by Gasteiger charge is -2.15. The van der Waals surface area contributed by atoms with Gasteiger partial charge in [-0.25, -0.2) is 4.98 Å². The standard InChI is InChI=1S/C19H27N3O2S/c1-3-4-5-15(11-20)21-18(23)10-16-13-25-19(22-16)12-24-17-8-6-14(2)7-9-17/h6-9,13,15H,3-5,10-12,20H2,1-2H3,(H,21,23). The fourth-order valence-corrected chi connectivity index (χ4v) is 3.12. The molecule has 0 spiro atoms. The van der Waals surface area contributed by atoms with Crippen molar-refractivity contribution < 1.29 is 9.53 Å². The smallest absolute Gasteiger partial charge is 0.226 e. The van der Waals surface area contributed by atoms with E-state index in [9.17, 15) is 4.79 Å². The Bertz CT molecular complexity index is 655. The Morgan fingerprint density at radius 3 is 2.80 bits per heavy atom. The second kappa shape index (κ2) is 10.2. The van der Waals surface area contributed by atoms with Gasteiger partial charge < -0.3 is 15.8 Å². The first-order valence-electron chi connectivity index (χ1n) is 8.73. The lowest BCUT2D eigenvalue weighted by atomic mass is 10.1. The van der Waals surface area contributed by atoms with Crippen molar-refractivity contribution in [2.75, 3.05) is 6.54 Å². The van der Waals surface area contributed by atoms with Crippen LogP contribution in [-0.4, -0.2) is 23.5 Å². The summed E-state index contributed by atoms with van der Waals surface area (Å²) in [6, 6.07) is 7.97. The van der Waals surface area contributed by atoms with Crippen LogP contribution in [0.5, 0.6) is 5.75 Å². The van der Waals surface area contributed by atoms with Gasteiger partial charge in [-0.05, 0) is 25.5 Å².